The van der Waals surface area contributed by atoms with Gasteiger partial charge in [0.1, 0.15) is 22.3 Å². The van der Waals surface area contributed by atoms with Gasteiger partial charge in [0.15, 0.2) is 0 Å². The van der Waals surface area contributed by atoms with Crippen LogP contribution in [-0.4, -0.2) is 0 Å². The molecule has 0 bridgehead atoms. The fraction of sp³-hybridized carbons (Fsp3) is 0.0164. The summed E-state index contributed by atoms with van der Waals surface area (Å²) in [7, 11) is 0. The van der Waals surface area contributed by atoms with Crippen LogP contribution in [0.15, 0.2) is 245 Å². The molecule has 0 fully saturated rings. The van der Waals surface area contributed by atoms with E-state index >= 15 is 0 Å². The van der Waals surface area contributed by atoms with E-state index in [1.54, 1.807) is 0 Å². The normalized spacial score (nSPS) is 11.6. The van der Waals surface area contributed by atoms with Crippen LogP contribution in [0.25, 0.3) is 99.5 Å². The van der Waals surface area contributed by atoms with E-state index in [4.69, 9.17) is 8.83 Å². The Morgan fingerprint density at radius 1 is 0.254 bits per heavy atom. The van der Waals surface area contributed by atoms with Crippen LogP contribution in [0.3, 0.4) is 0 Å². The van der Waals surface area contributed by atoms with Gasteiger partial charge in [0.2, 0.25) is 0 Å². The van der Waals surface area contributed by atoms with E-state index in [1.165, 1.54) is 50.1 Å². The van der Waals surface area contributed by atoms with E-state index in [0.29, 0.717) is 0 Å². The first-order chi connectivity index (χ1) is 31.2. The van der Waals surface area contributed by atoms with E-state index in [2.05, 4.69) is 224 Å². The van der Waals surface area contributed by atoms with Gasteiger partial charge in [-0.1, -0.05) is 212 Å². The van der Waals surface area contributed by atoms with Crippen LogP contribution in [0.2, 0.25) is 0 Å². The maximum Gasteiger partial charge on any atom is 0.144 e. The molecular weight excluding hydrogens is 765 g/mol. The minimum absolute atomic E-state index is 0.0565. The van der Waals surface area contributed by atoms with Crippen LogP contribution in [0, 0.1) is 0 Å². The number of hydrogen-bond donors (Lipinski definition) is 0. The van der Waals surface area contributed by atoms with Crippen molar-refractivity contribution >= 4 is 43.9 Å². The highest BCUT2D eigenvalue weighted by atomic mass is 16.3. The molecule has 10 aromatic carbocycles. The molecule has 0 aliphatic heterocycles. The third-order valence-corrected chi connectivity index (χ3v) is 12.7. The van der Waals surface area contributed by atoms with Gasteiger partial charge in [0.25, 0.3) is 0 Å². The molecule has 0 saturated carbocycles. The van der Waals surface area contributed by atoms with Crippen molar-refractivity contribution < 1.29 is 8.83 Å². The summed E-state index contributed by atoms with van der Waals surface area (Å²) < 4.78 is 13.5. The highest BCUT2D eigenvalue weighted by Gasteiger charge is 2.22. The van der Waals surface area contributed by atoms with Crippen LogP contribution in [0.5, 0.6) is 0 Å². The smallest absolute Gasteiger partial charge is 0.144 e. The van der Waals surface area contributed by atoms with Crippen LogP contribution in [0.1, 0.15) is 22.6 Å². The van der Waals surface area contributed by atoms with Gasteiger partial charge in [0, 0.05) is 33.0 Å². The quantitative estimate of drug-likeness (QED) is 0.143. The average molecular weight is 805 g/mol. The van der Waals surface area contributed by atoms with Gasteiger partial charge >= 0.3 is 0 Å². The van der Waals surface area contributed by atoms with E-state index in [-0.39, 0.29) is 5.92 Å². The zero-order valence-corrected chi connectivity index (χ0v) is 34.4. The molecule has 0 amide bonds. The Morgan fingerprint density at radius 3 is 1.19 bits per heavy atom. The second-order valence-electron chi connectivity index (χ2n) is 16.4. The Kier molecular flexibility index (Phi) is 8.93. The van der Waals surface area contributed by atoms with Crippen molar-refractivity contribution in [2.24, 2.45) is 0 Å². The molecule has 296 valence electrons. The third kappa shape index (κ3) is 6.61. The second kappa shape index (κ2) is 15.4. The number of furan rings is 2. The number of hydrogen-bond acceptors (Lipinski definition) is 2. The van der Waals surface area contributed by atoms with Crippen molar-refractivity contribution in [3.05, 3.63) is 253 Å². The Bertz CT molecular complexity index is 3460. The Labute approximate surface area is 366 Å². The summed E-state index contributed by atoms with van der Waals surface area (Å²) in [6.07, 6.45) is 0. The van der Waals surface area contributed by atoms with E-state index in [1.807, 2.05) is 12.1 Å². The lowest BCUT2D eigenvalue weighted by Gasteiger charge is -2.20. The molecule has 0 aliphatic rings. The highest BCUT2D eigenvalue weighted by molar-refractivity contribution is 6.23. The van der Waals surface area contributed by atoms with Crippen LogP contribution in [-0.2, 0) is 0 Å². The molecule has 2 heteroatoms. The van der Waals surface area contributed by atoms with Gasteiger partial charge in [-0.3, -0.25) is 0 Å². The molecule has 2 heterocycles. The predicted molar refractivity (Wildman–Crippen MR) is 262 cm³/mol. The van der Waals surface area contributed by atoms with E-state index in [0.717, 1.165) is 66.1 Å². The summed E-state index contributed by atoms with van der Waals surface area (Å²) >= 11 is 0. The second-order valence-corrected chi connectivity index (χ2v) is 16.4. The topological polar surface area (TPSA) is 26.3 Å². The first-order valence-electron chi connectivity index (χ1n) is 21.6. The molecule has 2 aromatic heterocycles. The lowest BCUT2D eigenvalue weighted by molar-refractivity contribution is 0.664. The van der Waals surface area contributed by atoms with Crippen LogP contribution in [0.4, 0.5) is 0 Å². The van der Waals surface area contributed by atoms with Crippen molar-refractivity contribution in [3.8, 4) is 55.6 Å². The first-order valence-corrected chi connectivity index (χ1v) is 21.6. The molecule has 0 saturated heterocycles. The lowest BCUT2D eigenvalue weighted by Crippen LogP contribution is -2.03. The highest BCUT2D eigenvalue weighted by Crippen LogP contribution is 2.46. The lowest BCUT2D eigenvalue weighted by atomic mass is 9.83. The van der Waals surface area contributed by atoms with E-state index < -0.39 is 0 Å². The minimum atomic E-state index is 0.0565. The first kappa shape index (κ1) is 36.6. The zero-order chi connectivity index (χ0) is 41.7. The van der Waals surface area contributed by atoms with Crippen molar-refractivity contribution in [2.45, 2.75) is 5.92 Å². The maximum atomic E-state index is 6.96. The summed E-state index contributed by atoms with van der Waals surface area (Å²) in [6, 6.07) is 84.8. The van der Waals surface area contributed by atoms with Crippen molar-refractivity contribution in [1.82, 2.24) is 0 Å². The third-order valence-electron chi connectivity index (χ3n) is 12.7. The van der Waals surface area contributed by atoms with Gasteiger partial charge in [-0.05, 0) is 91.0 Å². The maximum absolute atomic E-state index is 6.96. The summed E-state index contributed by atoms with van der Waals surface area (Å²) in [6.45, 7) is 0. The standard InChI is InChI=1S/C61H40O2/c1-4-12-40(13-5-1)43-20-28-47(29-21-43)58(48-30-22-44(23-31-48)41-14-6-2-7-15-41)49-32-26-46(27-33-49)51-36-37-52-54-39-57-60(53-18-10-11-19-55(53)62-57)59(61(54)63-56(52)38-51)50-34-24-45(25-35-50)42-16-8-3-9-17-42/h1-39,58H. The molecule has 2 nitrogen and oxygen atoms in total. The SMILES string of the molecule is c1ccc(-c2ccc(-c3c4oc5cc(-c6ccc(C(c7ccc(-c8ccccc8)cc7)c7ccc(-c8ccccc8)cc7)cc6)ccc5c4cc4oc5ccccc5c34)cc2)cc1. The molecule has 12 aromatic rings. The van der Waals surface area contributed by atoms with Gasteiger partial charge < -0.3 is 8.83 Å². The minimum Gasteiger partial charge on any atom is -0.456 e. The molecule has 12 rings (SSSR count). The Balaban J connectivity index is 0.934. The average Bonchev–Trinajstić information content (AvgIpc) is 3.92. The number of para-hydroxylation sites is 1. The molecule has 0 N–H and O–H groups in total. The molecule has 0 atom stereocenters. The number of rotatable bonds is 8. The molecule has 63 heavy (non-hydrogen) atoms. The van der Waals surface area contributed by atoms with Crippen molar-refractivity contribution in [3.63, 3.8) is 0 Å². The monoisotopic (exact) mass is 804 g/mol. The van der Waals surface area contributed by atoms with Gasteiger partial charge in [-0.15, -0.1) is 0 Å². The largest absolute Gasteiger partial charge is 0.456 e. The molecule has 0 aliphatic carbocycles. The predicted octanol–water partition coefficient (Wildman–Crippen LogP) is 17.0. The van der Waals surface area contributed by atoms with E-state index in [9.17, 15) is 0 Å². The fourth-order valence-corrected chi connectivity index (χ4v) is 9.47. The van der Waals surface area contributed by atoms with Gasteiger partial charge in [-0.2, -0.15) is 0 Å². The van der Waals surface area contributed by atoms with Gasteiger partial charge in [-0.25, -0.2) is 0 Å². The number of fused-ring (bicyclic) bond motifs is 6. The summed E-state index contributed by atoms with van der Waals surface area (Å²) in [5.74, 6) is 0.0565. The molecule has 0 spiro atoms. The summed E-state index contributed by atoms with van der Waals surface area (Å²) in [5, 5.41) is 4.25. The van der Waals surface area contributed by atoms with Crippen molar-refractivity contribution in [1.29, 1.82) is 0 Å². The number of benzene rings is 10. The van der Waals surface area contributed by atoms with Crippen molar-refractivity contribution in [2.75, 3.05) is 0 Å². The zero-order valence-electron chi connectivity index (χ0n) is 34.4. The van der Waals surface area contributed by atoms with Gasteiger partial charge in [0.05, 0.1) is 0 Å². The van der Waals surface area contributed by atoms with Crippen LogP contribution < -0.4 is 0 Å². The Morgan fingerprint density at radius 2 is 0.667 bits per heavy atom. The summed E-state index contributed by atoms with van der Waals surface area (Å²) in [5.41, 5.74) is 18.8. The summed E-state index contributed by atoms with van der Waals surface area (Å²) in [4.78, 5) is 0. The fourth-order valence-electron chi connectivity index (χ4n) is 9.47. The molecule has 0 radical (unpaired) electrons. The molecular formula is C61H40O2. The molecule has 0 unspecified atom stereocenters. The Hall–Kier alpha value is -8.20. The van der Waals surface area contributed by atoms with Crippen LogP contribution >= 0.6 is 0 Å².